The molecule has 18 heavy (non-hydrogen) atoms. The first kappa shape index (κ1) is 16.7. The molecular weight excluding hydrogens is 381 g/mol. The van der Waals surface area contributed by atoms with E-state index in [0.29, 0.717) is 10.9 Å². The predicted octanol–water partition coefficient (Wildman–Crippen LogP) is 4.24. The number of alkyl halides is 1. The summed E-state index contributed by atoms with van der Waals surface area (Å²) < 4.78 is 26.3. The van der Waals surface area contributed by atoms with E-state index in [-0.39, 0.29) is 9.23 Å². The lowest BCUT2D eigenvalue weighted by molar-refractivity contribution is 0.455. The molecule has 0 aliphatic rings. The summed E-state index contributed by atoms with van der Waals surface area (Å²) in [4.78, 5) is 0.0992. The van der Waals surface area contributed by atoms with Gasteiger partial charge in [0.15, 0.2) is 0 Å². The lowest BCUT2D eigenvalue weighted by Crippen LogP contribution is -2.27. The molecule has 104 valence electrons. The average molecular weight is 395 g/mol. The van der Waals surface area contributed by atoms with Gasteiger partial charge in [-0.25, -0.2) is 12.7 Å². The van der Waals surface area contributed by atoms with Crippen LogP contribution in [0.3, 0.4) is 0 Å². The maximum Gasteiger partial charge on any atom is 0.245 e. The summed E-state index contributed by atoms with van der Waals surface area (Å²) in [5, 5.41) is 0.940. The molecular formula is C10H14BrCl2NO2S2. The van der Waals surface area contributed by atoms with Crippen molar-refractivity contribution >= 4 is 60.5 Å². The Morgan fingerprint density at radius 3 is 2.50 bits per heavy atom. The molecule has 1 aromatic rings. The highest BCUT2D eigenvalue weighted by molar-refractivity contribution is 9.09. The van der Waals surface area contributed by atoms with Gasteiger partial charge in [0.2, 0.25) is 10.0 Å². The molecule has 0 saturated carbocycles. The molecule has 0 aromatic carbocycles. The van der Waals surface area contributed by atoms with Crippen molar-refractivity contribution < 1.29 is 8.42 Å². The van der Waals surface area contributed by atoms with E-state index in [9.17, 15) is 8.42 Å². The van der Waals surface area contributed by atoms with E-state index in [1.54, 1.807) is 7.05 Å². The van der Waals surface area contributed by atoms with Gasteiger partial charge in [-0.05, 0) is 18.9 Å². The third-order valence-corrected chi connectivity index (χ3v) is 6.59. The maximum atomic E-state index is 12.2. The van der Waals surface area contributed by atoms with Crippen molar-refractivity contribution in [3.63, 3.8) is 0 Å². The van der Waals surface area contributed by atoms with Gasteiger partial charge < -0.3 is 0 Å². The van der Waals surface area contributed by atoms with Gasteiger partial charge in [-0.1, -0.05) is 45.6 Å². The van der Waals surface area contributed by atoms with Crippen LogP contribution in [0.2, 0.25) is 8.67 Å². The number of halogens is 3. The summed E-state index contributed by atoms with van der Waals surface area (Å²) in [5.41, 5.74) is 0. The van der Waals surface area contributed by atoms with Crippen molar-refractivity contribution in [1.29, 1.82) is 0 Å². The Morgan fingerprint density at radius 2 is 2.00 bits per heavy atom. The van der Waals surface area contributed by atoms with E-state index in [4.69, 9.17) is 23.2 Å². The molecule has 3 nitrogen and oxygen atoms in total. The molecule has 0 aliphatic heterocycles. The number of thiophene rings is 1. The molecule has 0 N–H and O–H groups in total. The van der Waals surface area contributed by atoms with Crippen molar-refractivity contribution in [3.05, 3.63) is 14.7 Å². The molecule has 0 amide bonds. The highest BCUT2D eigenvalue weighted by Gasteiger charge is 2.25. The molecule has 1 heterocycles. The van der Waals surface area contributed by atoms with Crippen molar-refractivity contribution in [2.24, 2.45) is 0 Å². The van der Waals surface area contributed by atoms with Crippen LogP contribution in [0.15, 0.2) is 11.0 Å². The number of unbranched alkanes of at least 4 members (excludes halogenated alkanes) is 2. The average Bonchev–Trinajstić information content (AvgIpc) is 2.64. The Balaban J connectivity index is 2.71. The molecule has 0 radical (unpaired) electrons. The second kappa shape index (κ2) is 7.45. The monoisotopic (exact) mass is 393 g/mol. The van der Waals surface area contributed by atoms with Crippen LogP contribution in [0.4, 0.5) is 0 Å². The summed E-state index contributed by atoms with van der Waals surface area (Å²) in [6.07, 6.45) is 2.86. The van der Waals surface area contributed by atoms with Gasteiger partial charge in [0, 0.05) is 18.9 Å². The van der Waals surface area contributed by atoms with Crippen LogP contribution in [-0.4, -0.2) is 31.6 Å². The SMILES string of the molecule is CN(CCCCCBr)S(=O)(=O)c1cc(Cl)sc1Cl. The Labute approximate surface area is 130 Å². The molecule has 0 bridgehead atoms. The smallest absolute Gasteiger partial charge is 0.207 e. The molecule has 0 aliphatic carbocycles. The summed E-state index contributed by atoms with van der Waals surface area (Å²) in [6.45, 7) is 0.485. The fourth-order valence-electron chi connectivity index (χ4n) is 1.39. The normalized spacial score (nSPS) is 12.3. The zero-order valence-corrected chi connectivity index (χ0v) is 14.6. The fourth-order valence-corrected chi connectivity index (χ4v) is 5.11. The number of hydrogen-bond acceptors (Lipinski definition) is 3. The second-order valence-electron chi connectivity index (χ2n) is 3.76. The van der Waals surface area contributed by atoms with Crippen LogP contribution in [0.25, 0.3) is 0 Å². The fraction of sp³-hybridized carbons (Fsp3) is 0.600. The Kier molecular flexibility index (Phi) is 6.92. The molecule has 0 saturated heterocycles. The summed E-state index contributed by atoms with van der Waals surface area (Å²) in [6, 6.07) is 1.40. The van der Waals surface area contributed by atoms with Crippen LogP contribution in [-0.2, 0) is 10.0 Å². The van der Waals surface area contributed by atoms with E-state index in [0.717, 1.165) is 35.9 Å². The first-order chi connectivity index (χ1) is 8.39. The summed E-state index contributed by atoms with van der Waals surface area (Å²) in [5.74, 6) is 0. The standard InChI is InChI=1S/C10H14BrCl2NO2S2/c1-14(6-4-2-3-5-11)18(15,16)8-7-9(12)17-10(8)13/h7H,2-6H2,1H3. The maximum absolute atomic E-state index is 12.2. The van der Waals surface area contributed by atoms with Gasteiger partial charge in [0.05, 0.1) is 4.34 Å². The van der Waals surface area contributed by atoms with Gasteiger partial charge in [-0.3, -0.25) is 0 Å². The predicted molar refractivity (Wildman–Crippen MR) is 81.8 cm³/mol. The first-order valence-corrected chi connectivity index (χ1v) is 9.50. The van der Waals surface area contributed by atoms with Crippen molar-refractivity contribution in [1.82, 2.24) is 4.31 Å². The van der Waals surface area contributed by atoms with E-state index in [1.165, 1.54) is 10.4 Å². The largest absolute Gasteiger partial charge is 0.245 e. The van der Waals surface area contributed by atoms with Gasteiger partial charge in [-0.2, -0.15) is 0 Å². The zero-order valence-electron chi connectivity index (χ0n) is 9.83. The van der Waals surface area contributed by atoms with Crippen LogP contribution in [0, 0.1) is 0 Å². The Morgan fingerprint density at radius 1 is 1.33 bits per heavy atom. The van der Waals surface area contributed by atoms with Gasteiger partial charge in [0.25, 0.3) is 0 Å². The summed E-state index contributed by atoms with van der Waals surface area (Å²) >= 11 is 16.1. The molecule has 0 atom stereocenters. The minimum Gasteiger partial charge on any atom is -0.207 e. The summed E-state index contributed by atoms with van der Waals surface area (Å²) in [7, 11) is -1.96. The number of hydrogen-bond donors (Lipinski definition) is 0. The van der Waals surface area contributed by atoms with Gasteiger partial charge >= 0.3 is 0 Å². The highest BCUT2D eigenvalue weighted by atomic mass is 79.9. The topological polar surface area (TPSA) is 37.4 Å². The molecule has 8 heteroatoms. The van der Waals surface area contributed by atoms with Crippen LogP contribution < -0.4 is 0 Å². The van der Waals surface area contributed by atoms with Gasteiger partial charge in [-0.15, -0.1) is 11.3 Å². The van der Waals surface area contributed by atoms with Crippen molar-refractivity contribution in [3.8, 4) is 0 Å². The third-order valence-electron chi connectivity index (χ3n) is 2.42. The highest BCUT2D eigenvalue weighted by Crippen LogP contribution is 2.35. The van der Waals surface area contributed by atoms with E-state index >= 15 is 0 Å². The number of nitrogens with zero attached hydrogens (tertiary/aromatic N) is 1. The minimum absolute atomic E-state index is 0.0992. The molecule has 0 spiro atoms. The van der Waals surface area contributed by atoms with E-state index in [2.05, 4.69) is 15.9 Å². The van der Waals surface area contributed by atoms with Crippen LogP contribution >= 0.6 is 50.5 Å². The Hall–Kier alpha value is 0.670. The van der Waals surface area contributed by atoms with E-state index < -0.39 is 10.0 Å². The first-order valence-electron chi connectivity index (χ1n) is 5.36. The van der Waals surface area contributed by atoms with E-state index in [1.807, 2.05) is 0 Å². The molecule has 0 unspecified atom stereocenters. The third kappa shape index (κ3) is 4.35. The second-order valence-corrected chi connectivity index (χ2v) is 8.86. The quantitative estimate of drug-likeness (QED) is 0.512. The zero-order chi connectivity index (χ0) is 13.8. The van der Waals surface area contributed by atoms with Gasteiger partial charge in [0.1, 0.15) is 9.23 Å². The molecule has 1 aromatic heterocycles. The van der Waals surface area contributed by atoms with Crippen LogP contribution in [0.5, 0.6) is 0 Å². The number of rotatable bonds is 7. The van der Waals surface area contributed by atoms with Crippen molar-refractivity contribution in [2.45, 2.75) is 24.2 Å². The minimum atomic E-state index is -3.52. The van der Waals surface area contributed by atoms with Crippen molar-refractivity contribution in [2.75, 3.05) is 18.9 Å². The lowest BCUT2D eigenvalue weighted by atomic mass is 10.2. The Bertz CT molecular complexity index is 490. The lowest BCUT2D eigenvalue weighted by Gasteiger charge is -2.16. The van der Waals surface area contributed by atoms with Crippen LogP contribution in [0.1, 0.15) is 19.3 Å². The molecule has 0 fully saturated rings. The number of sulfonamides is 1. The molecule has 1 rings (SSSR count).